The van der Waals surface area contributed by atoms with E-state index < -0.39 is 12.5 Å². The van der Waals surface area contributed by atoms with Crippen molar-refractivity contribution in [2.75, 3.05) is 6.67 Å². The molecule has 1 aromatic rings. The molecule has 58 valence electrons. The molecule has 0 saturated heterocycles. The van der Waals surface area contributed by atoms with E-state index in [1.54, 1.807) is 12.1 Å². The van der Waals surface area contributed by atoms with Gasteiger partial charge in [-0.05, 0) is 11.6 Å². The van der Waals surface area contributed by atoms with E-state index in [9.17, 15) is 8.78 Å². The van der Waals surface area contributed by atoms with E-state index >= 15 is 0 Å². The van der Waals surface area contributed by atoms with Crippen molar-refractivity contribution in [2.45, 2.75) is 0 Å². The quantitative estimate of drug-likeness (QED) is 0.614. The fourth-order valence-electron chi connectivity index (χ4n) is 0.820. The van der Waals surface area contributed by atoms with E-state index in [2.05, 4.69) is 6.58 Å². The highest BCUT2D eigenvalue weighted by Crippen LogP contribution is 2.15. The second-order valence-corrected chi connectivity index (χ2v) is 2.22. The zero-order chi connectivity index (χ0) is 8.27. The first-order valence-corrected chi connectivity index (χ1v) is 3.24. The highest BCUT2D eigenvalue weighted by atomic mass is 19.1. The molecule has 0 unspecified atom stereocenters. The first-order chi connectivity index (χ1) is 5.25. The Labute approximate surface area is 64.2 Å². The highest BCUT2D eigenvalue weighted by Gasteiger charge is 2.02. The van der Waals surface area contributed by atoms with Crippen LogP contribution in [0.25, 0.3) is 5.57 Å². The smallest absolute Gasteiger partial charge is 0.130 e. The maximum absolute atomic E-state index is 12.8. The van der Waals surface area contributed by atoms with Gasteiger partial charge in [0.1, 0.15) is 12.5 Å². The molecule has 0 aromatic heterocycles. The molecule has 1 rings (SSSR count). The lowest BCUT2D eigenvalue weighted by molar-refractivity contribution is 0.566. The molecule has 0 atom stereocenters. The Morgan fingerprint density at radius 2 is 2.00 bits per heavy atom. The summed E-state index contributed by atoms with van der Waals surface area (Å²) in [6.45, 7) is 2.68. The molecule has 0 nitrogen and oxygen atoms in total. The van der Waals surface area contributed by atoms with Crippen molar-refractivity contribution >= 4 is 5.57 Å². The van der Waals surface area contributed by atoms with E-state index in [4.69, 9.17) is 0 Å². The fraction of sp³-hybridized carbons (Fsp3) is 0.111. The van der Waals surface area contributed by atoms with Gasteiger partial charge in [0.05, 0.1) is 0 Å². The van der Waals surface area contributed by atoms with E-state index in [1.165, 1.54) is 12.1 Å². The monoisotopic (exact) mass is 154 g/mol. The van der Waals surface area contributed by atoms with Crippen LogP contribution in [0.2, 0.25) is 0 Å². The molecule has 0 aliphatic heterocycles. The summed E-state index contributed by atoms with van der Waals surface area (Å²) in [6.07, 6.45) is 0. The minimum absolute atomic E-state index is 0.183. The Balaban J connectivity index is 3.03. The maximum atomic E-state index is 12.8. The van der Waals surface area contributed by atoms with Crippen LogP contribution in [0.15, 0.2) is 30.8 Å². The second-order valence-electron chi connectivity index (χ2n) is 2.22. The number of rotatable bonds is 2. The van der Waals surface area contributed by atoms with E-state index in [-0.39, 0.29) is 11.1 Å². The normalized spacial score (nSPS) is 9.64. The third kappa shape index (κ3) is 1.64. The van der Waals surface area contributed by atoms with Gasteiger partial charge in [0.15, 0.2) is 0 Å². The lowest BCUT2D eigenvalue weighted by Crippen LogP contribution is -1.88. The number of benzene rings is 1. The van der Waals surface area contributed by atoms with Crippen molar-refractivity contribution in [3.05, 3.63) is 42.2 Å². The Kier molecular flexibility index (Phi) is 2.36. The molecule has 11 heavy (non-hydrogen) atoms. The Morgan fingerprint density at radius 3 is 2.55 bits per heavy atom. The van der Waals surface area contributed by atoms with Gasteiger partial charge in [-0.1, -0.05) is 24.8 Å². The van der Waals surface area contributed by atoms with Crippen LogP contribution in [0.3, 0.4) is 0 Å². The summed E-state index contributed by atoms with van der Waals surface area (Å²) in [7, 11) is 0. The van der Waals surface area contributed by atoms with Gasteiger partial charge in [0, 0.05) is 5.56 Å². The van der Waals surface area contributed by atoms with E-state index in [0.717, 1.165) is 0 Å². The summed E-state index contributed by atoms with van der Waals surface area (Å²) in [5.74, 6) is -0.421. The van der Waals surface area contributed by atoms with Crippen molar-refractivity contribution in [1.29, 1.82) is 0 Å². The molecule has 0 aliphatic carbocycles. The maximum Gasteiger partial charge on any atom is 0.130 e. The van der Waals surface area contributed by atoms with Crippen LogP contribution < -0.4 is 0 Å². The Bertz CT molecular complexity index is 266. The van der Waals surface area contributed by atoms with Gasteiger partial charge in [-0.25, -0.2) is 8.78 Å². The lowest BCUT2D eigenvalue weighted by atomic mass is 10.1. The van der Waals surface area contributed by atoms with Gasteiger partial charge in [-0.2, -0.15) is 0 Å². The van der Waals surface area contributed by atoms with Crippen molar-refractivity contribution in [3.8, 4) is 0 Å². The third-order valence-corrected chi connectivity index (χ3v) is 1.42. The van der Waals surface area contributed by atoms with Crippen molar-refractivity contribution < 1.29 is 8.78 Å². The largest absolute Gasteiger partial charge is 0.246 e. The SMILES string of the molecule is C=C(CF)c1ccccc1F. The molecule has 0 bridgehead atoms. The first kappa shape index (κ1) is 7.92. The Morgan fingerprint density at radius 1 is 1.36 bits per heavy atom. The van der Waals surface area contributed by atoms with Crippen LogP contribution in [0, 0.1) is 5.82 Å². The summed E-state index contributed by atoms with van der Waals surface area (Å²) < 4.78 is 24.8. The van der Waals surface area contributed by atoms with Gasteiger partial charge in [-0.3, -0.25) is 0 Å². The molecular formula is C9H8F2. The third-order valence-electron chi connectivity index (χ3n) is 1.42. The van der Waals surface area contributed by atoms with E-state index in [1.807, 2.05) is 0 Å². The van der Waals surface area contributed by atoms with Crippen molar-refractivity contribution in [3.63, 3.8) is 0 Å². The molecule has 0 aliphatic rings. The van der Waals surface area contributed by atoms with Crippen LogP contribution in [-0.2, 0) is 0 Å². The van der Waals surface area contributed by atoms with Gasteiger partial charge < -0.3 is 0 Å². The van der Waals surface area contributed by atoms with Gasteiger partial charge >= 0.3 is 0 Å². The average molecular weight is 154 g/mol. The molecule has 0 N–H and O–H groups in total. The summed E-state index contributed by atoms with van der Waals surface area (Å²) in [6, 6.07) is 6.01. The molecule has 0 fully saturated rings. The standard InChI is InChI=1S/C9H8F2/c1-7(6-10)8-4-2-3-5-9(8)11/h2-5H,1,6H2. The van der Waals surface area contributed by atoms with Crippen LogP contribution in [0.4, 0.5) is 8.78 Å². The van der Waals surface area contributed by atoms with Crippen LogP contribution in [0.1, 0.15) is 5.56 Å². The topological polar surface area (TPSA) is 0 Å². The summed E-state index contributed by atoms with van der Waals surface area (Å²) in [4.78, 5) is 0. The van der Waals surface area contributed by atoms with Gasteiger partial charge in [-0.15, -0.1) is 0 Å². The minimum Gasteiger partial charge on any atom is -0.246 e. The molecular weight excluding hydrogens is 146 g/mol. The van der Waals surface area contributed by atoms with Gasteiger partial charge in [0.2, 0.25) is 0 Å². The Hall–Kier alpha value is -1.18. The number of halogens is 2. The molecule has 0 amide bonds. The molecule has 2 heteroatoms. The fourth-order valence-corrected chi connectivity index (χ4v) is 0.820. The van der Waals surface area contributed by atoms with E-state index in [0.29, 0.717) is 0 Å². The zero-order valence-electron chi connectivity index (χ0n) is 5.98. The van der Waals surface area contributed by atoms with Crippen LogP contribution in [-0.4, -0.2) is 6.67 Å². The molecule has 0 saturated carbocycles. The predicted octanol–water partition coefficient (Wildman–Crippen LogP) is 2.81. The summed E-state index contributed by atoms with van der Waals surface area (Å²) in [5.41, 5.74) is 0.443. The molecule has 0 heterocycles. The number of alkyl halides is 1. The van der Waals surface area contributed by atoms with Crippen LogP contribution >= 0.6 is 0 Å². The summed E-state index contributed by atoms with van der Waals surface area (Å²) >= 11 is 0. The molecule has 1 aromatic carbocycles. The predicted molar refractivity (Wildman–Crippen MR) is 41.4 cm³/mol. The molecule has 0 radical (unpaired) electrons. The van der Waals surface area contributed by atoms with Crippen molar-refractivity contribution in [1.82, 2.24) is 0 Å². The first-order valence-electron chi connectivity index (χ1n) is 3.24. The van der Waals surface area contributed by atoms with Crippen LogP contribution in [0.5, 0.6) is 0 Å². The lowest BCUT2D eigenvalue weighted by Gasteiger charge is -2.00. The second kappa shape index (κ2) is 3.28. The number of hydrogen-bond acceptors (Lipinski definition) is 0. The zero-order valence-corrected chi connectivity index (χ0v) is 5.98. The summed E-state index contributed by atoms with van der Waals surface area (Å²) in [5, 5.41) is 0. The number of hydrogen-bond donors (Lipinski definition) is 0. The van der Waals surface area contributed by atoms with Gasteiger partial charge in [0.25, 0.3) is 0 Å². The molecule has 0 spiro atoms. The average Bonchev–Trinajstić information content (AvgIpc) is 2.04. The number of allylic oxidation sites excluding steroid dienone is 1. The van der Waals surface area contributed by atoms with Crippen molar-refractivity contribution in [2.24, 2.45) is 0 Å². The minimum atomic E-state index is -0.707. The highest BCUT2D eigenvalue weighted by molar-refractivity contribution is 5.64.